The summed E-state index contributed by atoms with van der Waals surface area (Å²) in [7, 11) is 0. The van der Waals surface area contributed by atoms with Crippen LogP contribution in [0.5, 0.6) is 5.75 Å². The summed E-state index contributed by atoms with van der Waals surface area (Å²) in [6, 6.07) is 17.2. The summed E-state index contributed by atoms with van der Waals surface area (Å²) in [5.74, 6) is 0.535. The minimum Gasteiger partial charge on any atom is -0.487 e. The molecule has 0 radical (unpaired) electrons. The monoisotopic (exact) mass is 686 g/mol. The average Bonchev–Trinajstić information content (AvgIpc) is 3.13. The number of amidine groups is 1. The molecule has 1 N–H and O–H groups in total. The van der Waals surface area contributed by atoms with Crippen LogP contribution in [0.2, 0.25) is 10.0 Å². The van der Waals surface area contributed by atoms with Crippen molar-refractivity contribution in [2.75, 3.05) is 0 Å². The fourth-order valence-corrected chi connectivity index (χ4v) is 6.22. The second-order valence-electron chi connectivity index (χ2n) is 7.34. The van der Waals surface area contributed by atoms with Crippen LogP contribution in [0.15, 0.2) is 69.0 Å². The summed E-state index contributed by atoms with van der Waals surface area (Å²) in [6.45, 7) is 2.42. The number of ether oxygens (including phenoxy) is 1. The van der Waals surface area contributed by atoms with E-state index in [1.165, 1.54) is 17.3 Å². The minimum absolute atomic E-state index is 0.169. The predicted octanol–water partition coefficient (Wildman–Crippen LogP) is 8.39. The van der Waals surface area contributed by atoms with E-state index >= 15 is 0 Å². The number of aryl methyl sites for hydroxylation is 1. The Balaban J connectivity index is 1.49. The standard InChI is InChI=1S/C25H18BrCl2IN2O2S/c1-2-14-3-7-18(8-4-14)30-25-31-24(32)22(34-25)11-15-9-19(26)23(21(29)10-15)33-13-16-5-6-17(27)12-20(16)28/h3-12H,2,13H2,1H3,(H,30,31,32)/b22-11-. The van der Waals surface area contributed by atoms with Crippen molar-refractivity contribution in [3.05, 3.63) is 94.3 Å². The van der Waals surface area contributed by atoms with Crippen LogP contribution in [-0.4, -0.2) is 11.1 Å². The molecule has 1 saturated heterocycles. The lowest BCUT2D eigenvalue weighted by Gasteiger charge is -2.12. The van der Waals surface area contributed by atoms with E-state index in [1.54, 1.807) is 12.1 Å². The molecule has 0 aromatic heterocycles. The van der Waals surface area contributed by atoms with E-state index in [0.29, 0.717) is 32.5 Å². The van der Waals surface area contributed by atoms with Crippen LogP contribution in [0.4, 0.5) is 5.69 Å². The van der Waals surface area contributed by atoms with E-state index in [4.69, 9.17) is 27.9 Å². The Morgan fingerprint density at radius 1 is 1.15 bits per heavy atom. The van der Waals surface area contributed by atoms with Gasteiger partial charge in [-0.3, -0.25) is 4.79 Å². The number of carbonyl (C=O) groups is 1. The van der Waals surface area contributed by atoms with Crippen molar-refractivity contribution in [3.8, 4) is 5.75 Å². The molecule has 0 spiro atoms. The molecule has 0 saturated carbocycles. The number of nitrogens with one attached hydrogen (secondary N) is 1. The highest BCUT2D eigenvalue weighted by molar-refractivity contribution is 14.1. The van der Waals surface area contributed by atoms with Crippen molar-refractivity contribution in [1.82, 2.24) is 5.32 Å². The van der Waals surface area contributed by atoms with E-state index in [1.807, 2.05) is 48.5 Å². The number of rotatable bonds is 6. The van der Waals surface area contributed by atoms with Gasteiger partial charge in [-0.05, 0) is 110 Å². The Morgan fingerprint density at radius 3 is 2.59 bits per heavy atom. The molecular formula is C25H18BrCl2IN2O2S. The molecular weight excluding hydrogens is 670 g/mol. The van der Waals surface area contributed by atoms with Crippen molar-refractivity contribution in [2.24, 2.45) is 4.99 Å². The molecule has 4 rings (SSSR count). The van der Waals surface area contributed by atoms with E-state index in [9.17, 15) is 4.79 Å². The van der Waals surface area contributed by atoms with Crippen LogP contribution < -0.4 is 10.1 Å². The lowest BCUT2D eigenvalue weighted by Crippen LogP contribution is -2.19. The van der Waals surface area contributed by atoms with Crippen molar-refractivity contribution in [1.29, 1.82) is 0 Å². The van der Waals surface area contributed by atoms with Crippen LogP contribution in [0.25, 0.3) is 6.08 Å². The Hall–Kier alpha value is -1.52. The summed E-state index contributed by atoms with van der Waals surface area (Å²) in [4.78, 5) is 17.6. The van der Waals surface area contributed by atoms with E-state index in [2.05, 4.69) is 55.8 Å². The number of halogens is 4. The quantitative estimate of drug-likeness (QED) is 0.209. The van der Waals surface area contributed by atoms with Crippen LogP contribution >= 0.6 is 73.5 Å². The molecule has 34 heavy (non-hydrogen) atoms. The van der Waals surface area contributed by atoms with Crippen LogP contribution in [0.1, 0.15) is 23.6 Å². The number of benzene rings is 3. The van der Waals surface area contributed by atoms with Crippen LogP contribution in [0.3, 0.4) is 0 Å². The number of aliphatic imine (C=N–C) groups is 1. The van der Waals surface area contributed by atoms with E-state index < -0.39 is 0 Å². The predicted molar refractivity (Wildman–Crippen MR) is 154 cm³/mol. The molecule has 0 atom stereocenters. The fourth-order valence-electron chi connectivity index (χ4n) is 3.14. The number of hydrogen-bond donors (Lipinski definition) is 1. The van der Waals surface area contributed by atoms with Crippen LogP contribution in [0, 0.1) is 3.57 Å². The van der Waals surface area contributed by atoms with E-state index in [-0.39, 0.29) is 5.91 Å². The average molecular weight is 688 g/mol. The molecule has 3 aromatic carbocycles. The molecule has 1 aliphatic rings. The first kappa shape index (κ1) is 25.6. The van der Waals surface area contributed by atoms with Gasteiger partial charge >= 0.3 is 0 Å². The molecule has 3 aromatic rings. The highest BCUT2D eigenvalue weighted by atomic mass is 127. The highest BCUT2D eigenvalue weighted by Crippen LogP contribution is 2.35. The Bertz CT molecular complexity index is 1290. The van der Waals surface area contributed by atoms with Gasteiger partial charge in [-0.1, -0.05) is 48.3 Å². The molecule has 174 valence electrons. The Labute approximate surface area is 234 Å². The third-order valence-electron chi connectivity index (χ3n) is 4.93. The first-order valence-electron chi connectivity index (χ1n) is 10.3. The number of carbonyl (C=O) groups excluding carboxylic acids is 1. The van der Waals surface area contributed by atoms with Gasteiger partial charge in [0.15, 0.2) is 5.17 Å². The van der Waals surface area contributed by atoms with Crippen molar-refractivity contribution < 1.29 is 9.53 Å². The number of thioether (sulfide) groups is 1. The first-order valence-corrected chi connectivity index (χ1v) is 13.7. The van der Waals surface area contributed by atoms with E-state index in [0.717, 1.165) is 31.3 Å². The van der Waals surface area contributed by atoms with Gasteiger partial charge < -0.3 is 10.1 Å². The lowest BCUT2D eigenvalue weighted by molar-refractivity contribution is -0.115. The summed E-state index contributed by atoms with van der Waals surface area (Å²) < 4.78 is 7.70. The van der Waals surface area contributed by atoms with Crippen LogP contribution in [-0.2, 0) is 17.8 Å². The molecule has 9 heteroatoms. The van der Waals surface area contributed by atoms with Gasteiger partial charge in [0, 0.05) is 15.6 Å². The smallest absolute Gasteiger partial charge is 0.264 e. The second-order valence-corrected chi connectivity index (χ2v) is 11.2. The maximum absolute atomic E-state index is 12.5. The first-order chi connectivity index (χ1) is 16.3. The van der Waals surface area contributed by atoms with Crippen molar-refractivity contribution >= 4 is 96.3 Å². The van der Waals surface area contributed by atoms with Gasteiger partial charge in [-0.15, -0.1) is 0 Å². The molecule has 0 unspecified atom stereocenters. The summed E-state index contributed by atoms with van der Waals surface area (Å²) in [5, 5.41) is 4.54. The molecule has 4 nitrogen and oxygen atoms in total. The van der Waals surface area contributed by atoms with Gasteiger partial charge in [0.25, 0.3) is 5.91 Å². The zero-order chi connectivity index (χ0) is 24.2. The number of nitrogens with zero attached hydrogens (tertiary/aromatic N) is 1. The summed E-state index contributed by atoms with van der Waals surface area (Å²) in [5.41, 5.74) is 3.77. The maximum Gasteiger partial charge on any atom is 0.264 e. The highest BCUT2D eigenvalue weighted by Gasteiger charge is 2.24. The summed E-state index contributed by atoms with van der Waals surface area (Å²) >= 11 is 19.3. The normalized spacial score (nSPS) is 15.7. The number of amides is 1. The fraction of sp³-hybridized carbons (Fsp3) is 0.120. The number of hydrogen-bond acceptors (Lipinski definition) is 4. The maximum atomic E-state index is 12.5. The largest absolute Gasteiger partial charge is 0.487 e. The summed E-state index contributed by atoms with van der Waals surface area (Å²) in [6.07, 6.45) is 2.82. The van der Waals surface area contributed by atoms with Gasteiger partial charge in [0.1, 0.15) is 12.4 Å². The van der Waals surface area contributed by atoms with Gasteiger partial charge in [-0.25, -0.2) is 4.99 Å². The molecule has 0 aliphatic carbocycles. The van der Waals surface area contributed by atoms with Gasteiger partial charge in [0.05, 0.1) is 18.6 Å². The Kier molecular flexibility index (Phi) is 8.63. The van der Waals surface area contributed by atoms with Gasteiger partial charge in [0.2, 0.25) is 0 Å². The zero-order valence-corrected chi connectivity index (χ0v) is 23.9. The minimum atomic E-state index is -0.169. The molecule has 1 heterocycles. The third-order valence-corrected chi connectivity index (χ3v) is 7.82. The lowest BCUT2D eigenvalue weighted by atomic mass is 10.2. The molecule has 0 bridgehead atoms. The SMILES string of the molecule is CCc1ccc(N=C2NC(=O)/C(=C/c3cc(Br)c(OCc4ccc(Cl)cc4Cl)c(I)c3)S2)cc1. The van der Waals surface area contributed by atoms with Crippen molar-refractivity contribution in [2.45, 2.75) is 20.0 Å². The molecule has 1 amide bonds. The molecule has 1 fully saturated rings. The van der Waals surface area contributed by atoms with Gasteiger partial charge in [-0.2, -0.15) is 0 Å². The second kappa shape index (κ2) is 11.5. The zero-order valence-electron chi connectivity index (χ0n) is 17.9. The topological polar surface area (TPSA) is 50.7 Å². The Morgan fingerprint density at radius 2 is 1.91 bits per heavy atom. The third kappa shape index (κ3) is 6.37. The van der Waals surface area contributed by atoms with Crippen molar-refractivity contribution in [3.63, 3.8) is 0 Å². The molecule has 1 aliphatic heterocycles.